The van der Waals surface area contributed by atoms with Gasteiger partial charge in [0.25, 0.3) is 5.82 Å². The van der Waals surface area contributed by atoms with Gasteiger partial charge in [-0.2, -0.15) is 10.5 Å². The van der Waals surface area contributed by atoms with Crippen molar-refractivity contribution in [2.45, 2.75) is 0 Å². The van der Waals surface area contributed by atoms with Crippen molar-refractivity contribution in [1.82, 2.24) is 14.8 Å². The topological polar surface area (TPSA) is 78.3 Å². The molecule has 0 saturated heterocycles. The Kier molecular flexibility index (Phi) is 2.55. The molecule has 0 N–H and O–H groups in total. The van der Waals surface area contributed by atoms with E-state index < -0.39 is 0 Å². The van der Waals surface area contributed by atoms with E-state index in [1.54, 1.807) is 12.1 Å². The maximum atomic E-state index is 8.93. The maximum Gasteiger partial charge on any atom is 0.252 e. The summed E-state index contributed by atoms with van der Waals surface area (Å²) in [6, 6.07) is 8.65. The summed E-state index contributed by atoms with van der Waals surface area (Å²) in [4.78, 5) is 3.76. The van der Waals surface area contributed by atoms with E-state index in [2.05, 4.69) is 10.1 Å². The highest BCUT2D eigenvalue weighted by Crippen LogP contribution is 2.18. The summed E-state index contributed by atoms with van der Waals surface area (Å²) in [5, 5.41) is 21.9. The molecule has 2 aromatic rings. The van der Waals surface area contributed by atoms with Crippen molar-refractivity contribution in [2.24, 2.45) is 0 Å². The van der Waals surface area contributed by atoms with Crippen LogP contribution in [0.2, 0.25) is 5.02 Å². The summed E-state index contributed by atoms with van der Waals surface area (Å²) in [5.74, 6) is 0.0545. The molecule has 0 bridgehead atoms. The molecule has 5 nitrogen and oxygen atoms in total. The van der Waals surface area contributed by atoms with Gasteiger partial charge in [0.1, 0.15) is 18.5 Å². The second kappa shape index (κ2) is 4.01. The predicted octanol–water partition coefficient (Wildman–Crippen LogP) is 1.66. The molecule has 0 aliphatic carbocycles. The van der Waals surface area contributed by atoms with E-state index in [4.69, 9.17) is 22.1 Å². The number of nitrogens with zero attached hydrogens (tertiary/aromatic N) is 5. The standard InChI is InChI=1S/C10H4ClN5/c11-8-1-2-9(7(3-8)4-12)16-6-14-10(5-13)15-16/h1-3,6H. The number of benzene rings is 1. The first kappa shape index (κ1) is 10.2. The maximum absolute atomic E-state index is 8.93. The van der Waals surface area contributed by atoms with Crippen LogP contribution in [-0.2, 0) is 0 Å². The highest BCUT2D eigenvalue weighted by molar-refractivity contribution is 6.30. The molecule has 0 radical (unpaired) electrons. The van der Waals surface area contributed by atoms with Crippen LogP contribution in [0.15, 0.2) is 24.5 Å². The van der Waals surface area contributed by atoms with Crippen LogP contribution in [0.4, 0.5) is 0 Å². The quantitative estimate of drug-likeness (QED) is 0.745. The highest BCUT2D eigenvalue weighted by Gasteiger charge is 2.07. The van der Waals surface area contributed by atoms with Gasteiger partial charge in [0.15, 0.2) is 0 Å². The molecule has 0 fully saturated rings. The normalized spacial score (nSPS) is 9.44. The zero-order chi connectivity index (χ0) is 11.5. The Morgan fingerprint density at radius 3 is 2.69 bits per heavy atom. The highest BCUT2D eigenvalue weighted by atomic mass is 35.5. The number of halogens is 1. The van der Waals surface area contributed by atoms with E-state index >= 15 is 0 Å². The Bertz CT molecular complexity index is 617. The minimum absolute atomic E-state index is 0.0545. The summed E-state index contributed by atoms with van der Waals surface area (Å²) >= 11 is 5.77. The number of rotatable bonds is 1. The molecule has 2 rings (SSSR count). The van der Waals surface area contributed by atoms with Crippen LogP contribution in [-0.4, -0.2) is 14.8 Å². The lowest BCUT2D eigenvalue weighted by molar-refractivity contribution is 0.869. The van der Waals surface area contributed by atoms with E-state index in [1.807, 2.05) is 12.1 Å². The van der Waals surface area contributed by atoms with Crippen LogP contribution in [0.5, 0.6) is 0 Å². The Labute approximate surface area is 96.1 Å². The molecule has 1 heterocycles. The van der Waals surface area contributed by atoms with Gasteiger partial charge in [0.05, 0.1) is 11.3 Å². The molecule has 0 amide bonds. The lowest BCUT2D eigenvalue weighted by Gasteiger charge is -2.02. The fourth-order valence-corrected chi connectivity index (χ4v) is 1.40. The lowest BCUT2D eigenvalue weighted by atomic mass is 10.2. The Hall–Kier alpha value is -2.37. The third-order valence-corrected chi connectivity index (χ3v) is 2.15. The molecule has 0 spiro atoms. The van der Waals surface area contributed by atoms with Crippen molar-refractivity contribution in [1.29, 1.82) is 10.5 Å². The van der Waals surface area contributed by atoms with Crippen LogP contribution in [0.3, 0.4) is 0 Å². The van der Waals surface area contributed by atoms with Gasteiger partial charge < -0.3 is 0 Å². The summed E-state index contributed by atoms with van der Waals surface area (Å²) in [5.41, 5.74) is 0.919. The van der Waals surface area contributed by atoms with Gasteiger partial charge in [0.2, 0.25) is 0 Å². The van der Waals surface area contributed by atoms with Crippen LogP contribution in [0.25, 0.3) is 5.69 Å². The summed E-state index contributed by atoms with van der Waals surface area (Å²) in [7, 11) is 0. The second-order valence-corrected chi connectivity index (χ2v) is 3.33. The fraction of sp³-hybridized carbons (Fsp3) is 0. The van der Waals surface area contributed by atoms with E-state index in [0.29, 0.717) is 16.3 Å². The van der Waals surface area contributed by atoms with Crippen molar-refractivity contribution in [2.75, 3.05) is 0 Å². The third kappa shape index (κ3) is 1.72. The smallest absolute Gasteiger partial charge is 0.218 e. The number of hydrogen-bond donors (Lipinski definition) is 0. The fourth-order valence-electron chi connectivity index (χ4n) is 1.23. The van der Waals surface area contributed by atoms with Gasteiger partial charge in [-0.15, -0.1) is 5.10 Å². The Morgan fingerprint density at radius 1 is 1.25 bits per heavy atom. The molecule has 0 unspecified atom stereocenters. The van der Waals surface area contributed by atoms with Crippen molar-refractivity contribution in [3.8, 4) is 17.8 Å². The molecule has 1 aromatic heterocycles. The number of hydrogen-bond acceptors (Lipinski definition) is 4. The molecule has 0 saturated carbocycles. The van der Waals surface area contributed by atoms with Crippen molar-refractivity contribution < 1.29 is 0 Å². The summed E-state index contributed by atoms with van der Waals surface area (Å²) < 4.78 is 1.37. The molecule has 0 aliphatic rings. The Morgan fingerprint density at radius 2 is 2.06 bits per heavy atom. The van der Waals surface area contributed by atoms with Crippen LogP contribution in [0.1, 0.15) is 11.4 Å². The van der Waals surface area contributed by atoms with E-state index in [0.717, 1.165) is 0 Å². The minimum Gasteiger partial charge on any atom is -0.218 e. The SMILES string of the molecule is N#Cc1ncn(-c2ccc(Cl)cc2C#N)n1. The molecule has 0 aliphatic heterocycles. The molecular formula is C10H4ClN5. The number of nitriles is 2. The molecule has 16 heavy (non-hydrogen) atoms. The van der Waals surface area contributed by atoms with Crippen LogP contribution < -0.4 is 0 Å². The number of aromatic nitrogens is 3. The van der Waals surface area contributed by atoms with Gasteiger partial charge >= 0.3 is 0 Å². The van der Waals surface area contributed by atoms with E-state index in [1.165, 1.54) is 17.1 Å². The van der Waals surface area contributed by atoms with Gasteiger partial charge in [0, 0.05) is 5.02 Å². The largest absolute Gasteiger partial charge is 0.252 e. The van der Waals surface area contributed by atoms with Crippen molar-refractivity contribution in [3.05, 3.63) is 40.9 Å². The molecular weight excluding hydrogens is 226 g/mol. The van der Waals surface area contributed by atoms with Crippen molar-refractivity contribution in [3.63, 3.8) is 0 Å². The monoisotopic (exact) mass is 229 g/mol. The molecule has 6 heteroatoms. The first-order valence-corrected chi connectivity index (χ1v) is 4.64. The van der Waals surface area contributed by atoms with Gasteiger partial charge in [-0.1, -0.05) is 11.6 Å². The predicted molar refractivity (Wildman–Crippen MR) is 55.8 cm³/mol. The van der Waals surface area contributed by atoms with E-state index in [9.17, 15) is 0 Å². The first-order chi connectivity index (χ1) is 7.74. The molecule has 1 aromatic carbocycles. The average Bonchev–Trinajstić information content (AvgIpc) is 2.77. The lowest BCUT2D eigenvalue weighted by Crippen LogP contribution is -1.98. The van der Waals surface area contributed by atoms with Gasteiger partial charge in [-0.25, -0.2) is 9.67 Å². The van der Waals surface area contributed by atoms with Gasteiger partial charge in [-0.3, -0.25) is 0 Å². The zero-order valence-corrected chi connectivity index (χ0v) is 8.68. The second-order valence-electron chi connectivity index (χ2n) is 2.90. The minimum atomic E-state index is 0.0545. The molecule has 0 atom stereocenters. The average molecular weight is 230 g/mol. The zero-order valence-electron chi connectivity index (χ0n) is 7.92. The molecule has 76 valence electrons. The third-order valence-electron chi connectivity index (χ3n) is 1.92. The van der Waals surface area contributed by atoms with Crippen LogP contribution >= 0.6 is 11.6 Å². The summed E-state index contributed by atoms with van der Waals surface area (Å²) in [6.45, 7) is 0. The van der Waals surface area contributed by atoms with Gasteiger partial charge in [-0.05, 0) is 18.2 Å². The summed E-state index contributed by atoms with van der Waals surface area (Å²) in [6.07, 6.45) is 1.38. The Balaban J connectivity index is 2.57. The van der Waals surface area contributed by atoms with Crippen molar-refractivity contribution >= 4 is 11.6 Å². The van der Waals surface area contributed by atoms with E-state index in [-0.39, 0.29) is 5.82 Å². The van der Waals surface area contributed by atoms with Crippen LogP contribution in [0, 0.1) is 22.7 Å². The first-order valence-electron chi connectivity index (χ1n) is 4.26.